The summed E-state index contributed by atoms with van der Waals surface area (Å²) in [6, 6.07) is 27.2. The van der Waals surface area contributed by atoms with Gasteiger partial charge in [-0.1, -0.05) is 78.5 Å². The molecule has 3 aromatic carbocycles. The first-order valence-corrected chi connectivity index (χ1v) is 11.1. The Morgan fingerprint density at radius 1 is 0.655 bits per heavy atom. The molecule has 3 nitrogen and oxygen atoms in total. The van der Waals surface area contributed by atoms with Crippen molar-refractivity contribution in [3.8, 4) is 0 Å². The van der Waals surface area contributed by atoms with Gasteiger partial charge in [0.15, 0.2) is 0 Å². The maximum absolute atomic E-state index is 9.56. The Morgan fingerprint density at radius 2 is 1.28 bits per heavy atom. The molecule has 0 bridgehead atoms. The first-order valence-electron chi connectivity index (χ1n) is 10.3. The van der Waals surface area contributed by atoms with Crippen LogP contribution in [0.2, 0.25) is 0 Å². The van der Waals surface area contributed by atoms with E-state index in [1.54, 1.807) is 11.8 Å². The molecule has 0 aliphatic rings. The SMILES string of the molecule is OCc1ccccc1Sc1ccccc1CNCCNCCCc1ccccc1. The molecule has 0 saturated carbocycles. The Balaban J connectivity index is 1.37. The summed E-state index contributed by atoms with van der Waals surface area (Å²) in [7, 11) is 0. The van der Waals surface area contributed by atoms with Gasteiger partial charge in [-0.2, -0.15) is 0 Å². The number of aliphatic hydroxyl groups is 1. The Hall–Kier alpha value is -2.11. The molecule has 0 atom stereocenters. The van der Waals surface area contributed by atoms with Crippen molar-refractivity contribution in [1.29, 1.82) is 0 Å². The van der Waals surface area contributed by atoms with Crippen molar-refractivity contribution in [3.63, 3.8) is 0 Å². The van der Waals surface area contributed by atoms with Crippen LogP contribution in [0.5, 0.6) is 0 Å². The van der Waals surface area contributed by atoms with Crippen LogP contribution < -0.4 is 10.6 Å². The molecule has 3 aromatic rings. The fourth-order valence-electron chi connectivity index (χ4n) is 3.19. The summed E-state index contributed by atoms with van der Waals surface area (Å²) in [5, 5.41) is 16.6. The first kappa shape index (κ1) is 21.6. The van der Waals surface area contributed by atoms with Gasteiger partial charge in [0.05, 0.1) is 6.61 Å². The monoisotopic (exact) mass is 406 g/mol. The topological polar surface area (TPSA) is 44.3 Å². The zero-order valence-corrected chi connectivity index (χ0v) is 17.6. The minimum absolute atomic E-state index is 0.0690. The molecule has 0 radical (unpaired) electrons. The minimum Gasteiger partial charge on any atom is -0.392 e. The molecule has 0 unspecified atom stereocenters. The van der Waals surface area contributed by atoms with Gasteiger partial charge in [-0.25, -0.2) is 0 Å². The van der Waals surface area contributed by atoms with Crippen molar-refractivity contribution in [3.05, 3.63) is 95.6 Å². The smallest absolute Gasteiger partial charge is 0.0692 e. The van der Waals surface area contributed by atoms with Gasteiger partial charge in [0.25, 0.3) is 0 Å². The lowest BCUT2D eigenvalue weighted by atomic mass is 10.1. The molecular formula is C25H30N2OS. The number of aliphatic hydroxyl groups excluding tert-OH is 1. The van der Waals surface area contributed by atoms with Crippen molar-refractivity contribution in [2.75, 3.05) is 19.6 Å². The first-order chi connectivity index (χ1) is 14.4. The lowest BCUT2D eigenvalue weighted by Crippen LogP contribution is -2.28. The van der Waals surface area contributed by atoms with Crippen molar-refractivity contribution in [2.45, 2.75) is 35.8 Å². The van der Waals surface area contributed by atoms with Crippen LogP contribution in [0.3, 0.4) is 0 Å². The van der Waals surface area contributed by atoms with Gasteiger partial charge in [-0.3, -0.25) is 0 Å². The second kappa shape index (κ2) is 12.5. The molecule has 152 valence electrons. The number of hydrogen-bond donors (Lipinski definition) is 3. The van der Waals surface area contributed by atoms with Gasteiger partial charge in [-0.15, -0.1) is 0 Å². The van der Waals surface area contributed by atoms with Gasteiger partial charge in [0.2, 0.25) is 0 Å². The molecule has 29 heavy (non-hydrogen) atoms. The van der Waals surface area contributed by atoms with Gasteiger partial charge >= 0.3 is 0 Å². The van der Waals surface area contributed by atoms with Crippen LogP contribution in [-0.4, -0.2) is 24.7 Å². The van der Waals surface area contributed by atoms with Crippen molar-refractivity contribution in [1.82, 2.24) is 10.6 Å². The Labute approximate surface area is 178 Å². The van der Waals surface area contributed by atoms with E-state index in [9.17, 15) is 5.11 Å². The molecule has 0 saturated heterocycles. The van der Waals surface area contributed by atoms with Crippen LogP contribution >= 0.6 is 11.8 Å². The number of hydrogen-bond acceptors (Lipinski definition) is 4. The summed E-state index contributed by atoms with van der Waals surface area (Å²) in [4.78, 5) is 2.35. The van der Waals surface area contributed by atoms with E-state index in [0.29, 0.717) is 0 Å². The summed E-state index contributed by atoms with van der Waals surface area (Å²) in [6.45, 7) is 3.87. The summed E-state index contributed by atoms with van der Waals surface area (Å²) < 4.78 is 0. The highest BCUT2D eigenvalue weighted by Crippen LogP contribution is 2.32. The quantitative estimate of drug-likeness (QED) is 0.383. The lowest BCUT2D eigenvalue weighted by Gasteiger charge is -2.12. The highest BCUT2D eigenvalue weighted by molar-refractivity contribution is 7.99. The Kier molecular flexibility index (Phi) is 9.27. The minimum atomic E-state index is 0.0690. The molecule has 4 heteroatoms. The van der Waals surface area contributed by atoms with E-state index in [4.69, 9.17) is 0 Å². The second-order valence-electron chi connectivity index (χ2n) is 6.99. The lowest BCUT2D eigenvalue weighted by molar-refractivity contribution is 0.279. The molecule has 0 aliphatic carbocycles. The molecular weight excluding hydrogens is 376 g/mol. The molecule has 0 aliphatic heterocycles. The number of benzene rings is 3. The molecule has 0 amide bonds. The van der Waals surface area contributed by atoms with Crippen LogP contribution in [0.25, 0.3) is 0 Å². The third-order valence-electron chi connectivity index (χ3n) is 4.79. The average molecular weight is 407 g/mol. The fourth-order valence-corrected chi connectivity index (χ4v) is 4.25. The maximum Gasteiger partial charge on any atom is 0.0692 e. The van der Waals surface area contributed by atoms with E-state index >= 15 is 0 Å². The largest absolute Gasteiger partial charge is 0.392 e. The molecule has 0 aromatic heterocycles. The molecule has 0 spiro atoms. The summed E-state index contributed by atoms with van der Waals surface area (Å²) in [5.41, 5.74) is 3.67. The molecule has 3 rings (SSSR count). The third kappa shape index (κ3) is 7.33. The average Bonchev–Trinajstić information content (AvgIpc) is 2.77. The summed E-state index contributed by atoms with van der Waals surface area (Å²) in [5.74, 6) is 0. The van der Waals surface area contributed by atoms with Crippen LogP contribution in [0.1, 0.15) is 23.1 Å². The van der Waals surface area contributed by atoms with Crippen LogP contribution in [0.4, 0.5) is 0 Å². The molecule has 0 heterocycles. The standard InChI is InChI=1S/C25H30N2OS/c28-20-23-13-5-7-15-25(23)29-24-14-6-4-12-22(24)19-27-18-17-26-16-8-11-21-9-2-1-3-10-21/h1-7,9-10,12-15,26-28H,8,11,16-20H2. The Morgan fingerprint density at radius 3 is 2.03 bits per heavy atom. The van der Waals surface area contributed by atoms with Crippen LogP contribution in [0.15, 0.2) is 88.7 Å². The van der Waals surface area contributed by atoms with E-state index in [1.807, 2.05) is 18.2 Å². The second-order valence-corrected chi connectivity index (χ2v) is 8.08. The van der Waals surface area contributed by atoms with Gasteiger partial charge in [0.1, 0.15) is 0 Å². The highest BCUT2D eigenvalue weighted by atomic mass is 32.2. The van der Waals surface area contributed by atoms with Crippen LogP contribution in [0, 0.1) is 0 Å². The van der Waals surface area contributed by atoms with Crippen molar-refractivity contribution < 1.29 is 5.11 Å². The maximum atomic E-state index is 9.56. The fraction of sp³-hybridized carbons (Fsp3) is 0.280. The predicted octanol–water partition coefficient (Wildman–Crippen LogP) is 4.64. The Bertz CT molecular complexity index is 854. The van der Waals surface area contributed by atoms with E-state index in [1.165, 1.54) is 16.0 Å². The van der Waals surface area contributed by atoms with Gasteiger partial charge < -0.3 is 15.7 Å². The van der Waals surface area contributed by atoms with E-state index < -0.39 is 0 Å². The van der Waals surface area contributed by atoms with Crippen molar-refractivity contribution in [2.24, 2.45) is 0 Å². The molecule has 0 fully saturated rings. The number of nitrogens with one attached hydrogen (secondary N) is 2. The normalized spacial score (nSPS) is 10.9. The zero-order chi connectivity index (χ0) is 20.2. The van der Waals surface area contributed by atoms with E-state index in [-0.39, 0.29) is 6.61 Å². The highest BCUT2D eigenvalue weighted by Gasteiger charge is 2.07. The number of rotatable bonds is 12. The molecule has 3 N–H and O–H groups in total. The zero-order valence-electron chi connectivity index (χ0n) is 16.8. The number of aryl methyl sites for hydroxylation is 1. The van der Waals surface area contributed by atoms with E-state index in [0.717, 1.165) is 49.5 Å². The third-order valence-corrected chi connectivity index (χ3v) is 6.03. The van der Waals surface area contributed by atoms with Gasteiger partial charge in [0, 0.05) is 29.4 Å². The van der Waals surface area contributed by atoms with Crippen LogP contribution in [-0.2, 0) is 19.6 Å². The van der Waals surface area contributed by atoms with E-state index in [2.05, 4.69) is 71.3 Å². The predicted molar refractivity (Wildman–Crippen MR) is 122 cm³/mol. The van der Waals surface area contributed by atoms with Gasteiger partial charge in [-0.05, 0) is 48.2 Å². The summed E-state index contributed by atoms with van der Waals surface area (Å²) >= 11 is 1.72. The van der Waals surface area contributed by atoms with Crippen molar-refractivity contribution >= 4 is 11.8 Å². The summed E-state index contributed by atoms with van der Waals surface area (Å²) in [6.07, 6.45) is 2.29.